The molecule has 1 aliphatic rings. The highest BCUT2D eigenvalue weighted by Crippen LogP contribution is 2.37. The van der Waals surface area contributed by atoms with E-state index in [1.54, 1.807) is 24.3 Å². The number of halogens is 1. The van der Waals surface area contributed by atoms with E-state index in [0.29, 0.717) is 23.4 Å². The van der Waals surface area contributed by atoms with Gasteiger partial charge in [0.2, 0.25) is 0 Å². The first-order valence-electron chi connectivity index (χ1n) is 5.73. The number of ketones is 1. The van der Waals surface area contributed by atoms with Crippen LogP contribution in [0, 0.1) is 5.92 Å². The second kappa shape index (κ2) is 4.41. The summed E-state index contributed by atoms with van der Waals surface area (Å²) in [4.78, 5) is 12.2. The van der Waals surface area contributed by atoms with E-state index in [4.69, 9.17) is 17.3 Å². The Balaban J connectivity index is 2.43. The van der Waals surface area contributed by atoms with Crippen LogP contribution in [0.2, 0.25) is 5.02 Å². The Hall–Kier alpha value is -0.900. The molecule has 0 saturated heterocycles. The second-order valence-corrected chi connectivity index (χ2v) is 5.18. The van der Waals surface area contributed by atoms with Crippen molar-refractivity contribution >= 4 is 17.4 Å². The highest BCUT2D eigenvalue weighted by atomic mass is 35.5. The average Bonchev–Trinajstić information content (AvgIpc) is 2.32. The summed E-state index contributed by atoms with van der Waals surface area (Å²) in [6.07, 6.45) is 0.243. The van der Waals surface area contributed by atoms with Crippen LogP contribution in [-0.2, 0) is 10.3 Å². The molecule has 0 radical (unpaired) electrons. The minimum Gasteiger partial charge on any atom is -0.385 e. The van der Waals surface area contributed by atoms with Crippen molar-refractivity contribution in [3.8, 4) is 0 Å². The topological polar surface area (TPSA) is 63.3 Å². The van der Waals surface area contributed by atoms with Gasteiger partial charge in [-0.3, -0.25) is 4.79 Å². The molecular formula is C13H16ClNO2. The third-order valence-corrected chi connectivity index (χ3v) is 3.93. The van der Waals surface area contributed by atoms with Gasteiger partial charge in [-0.05, 0) is 30.4 Å². The van der Waals surface area contributed by atoms with Crippen molar-refractivity contribution in [3.63, 3.8) is 0 Å². The highest BCUT2D eigenvalue weighted by Gasteiger charge is 2.46. The standard InChI is InChI=1S/C13H16ClNO2/c1-8-6-7-13(15,12(17)11(8)16)9-4-2-3-5-10(9)14/h2-5,8,11,16H,6-7,15H2,1H3/t8-,11-,13-/m1/s1. The molecule has 3 atom stereocenters. The predicted molar refractivity (Wildman–Crippen MR) is 66.7 cm³/mol. The molecule has 0 spiro atoms. The first-order valence-corrected chi connectivity index (χ1v) is 6.11. The number of nitrogens with two attached hydrogens (primary N) is 1. The summed E-state index contributed by atoms with van der Waals surface area (Å²) >= 11 is 6.08. The number of hydrogen-bond donors (Lipinski definition) is 2. The lowest BCUT2D eigenvalue weighted by Gasteiger charge is -2.38. The normalized spacial score (nSPS) is 33.8. The van der Waals surface area contributed by atoms with Crippen molar-refractivity contribution < 1.29 is 9.90 Å². The van der Waals surface area contributed by atoms with Crippen LogP contribution in [0.25, 0.3) is 0 Å². The Morgan fingerprint density at radius 2 is 2.12 bits per heavy atom. The van der Waals surface area contributed by atoms with Gasteiger partial charge in [0, 0.05) is 5.02 Å². The lowest BCUT2D eigenvalue weighted by atomic mass is 9.71. The molecule has 17 heavy (non-hydrogen) atoms. The molecule has 92 valence electrons. The summed E-state index contributed by atoms with van der Waals surface area (Å²) in [6, 6.07) is 7.06. The van der Waals surface area contributed by atoms with Crippen molar-refractivity contribution in [2.45, 2.75) is 31.4 Å². The maximum atomic E-state index is 12.2. The maximum Gasteiger partial charge on any atom is 0.185 e. The molecular weight excluding hydrogens is 238 g/mol. The first-order chi connectivity index (χ1) is 7.97. The van der Waals surface area contributed by atoms with Crippen molar-refractivity contribution in [1.82, 2.24) is 0 Å². The lowest BCUT2D eigenvalue weighted by molar-refractivity contribution is -0.139. The largest absolute Gasteiger partial charge is 0.385 e. The van der Waals surface area contributed by atoms with Crippen molar-refractivity contribution in [3.05, 3.63) is 34.9 Å². The zero-order valence-electron chi connectivity index (χ0n) is 9.69. The molecule has 0 bridgehead atoms. The predicted octanol–water partition coefficient (Wildman–Crippen LogP) is 1.85. The Bertz CT molecular complexity index is 449. The van der Waals surface area contributed by atoms with E-state index in [-0.39, 0.29) is 11.7 Å². The van der Waals surface area contributed by atoms with E-state index in [9.17, 15) is 9.90 Å². The molecule has 1 aromatic carbocycles. The molecule has 0 unspecified atom stereocenters. The fraction of sp³-hybridized carbons (Fsp3) is 0.462. The second-order valence-electron chi connectivity index (χ2n) is 4.78. The Morgan fingerprint density at radius 3 is 2.76 bits per heavy atom. The minimum absolute atomic E-state index is 0.0401. The van der Waals surface area contributed by atoms with Crippen molar-refractivity contribution in [2.24, 2.45) is 11.7 Å². The molecule has 1 saturated carbocycles. The van der Waals surface area contributed by atoms with E-state index in [1.807, 2.05) is 6.92 Å². The lowest BCUT2D eigenvalue weighted by Crippen LogP contribution is -2.55. The van der Waals surface area contributed by atoms with Gasteiger partial charge in [0.1, 0.15) is 11.6 Å². The molecule has 3 N–H and O–H groups in total. The van der Waals surface area contributed by atoms with E-state index in [0.717, 1.165) is 0 Å². The van der Waals surface area contributed by atoms with Crippen LogP contribution in [-0.4, -0.2) is 17.0 Å². The fourth-order valence-corrected chi connectivity index (χ4v) is 2.65. The number of aliphatic hydroxyl groups is 1. The number of carbonyl (C=O) groups is 1. The van der Waals surface area contributed by atoms with E-state index < -0.39 is 11.6 Å². The van der Waals surface area contributed by atoms with Gasteiger partial charge in [-0.1, -0.05) is 36.7 Å². The molecule has 1 aliphatic carbocycles. The molecule has 0 amide bonds. The molecule has 1 aromatic rings. The van der Waals surface area contributed by atoms with Gasteiger partial charge >= 0.3 is 0 Å². The smallest absolute Gasteiger partial charge is 0.185 e. The third-order valence-electron chi connectivity index (χ3n) is 3.60. The number of hydrogen-bond acceptors (Lipinski definition) is 3. The summed E-state index contributed by atoms with van der Waals surface area (Å²) in [5.74, 6) is -0.369. The summed E-state index contributed by atoms with van der Waals surface area (Å²) in [7, 11) is 0. The Labute approximate surface area is 106 Å². The molecule has 1 fully saturated rings. The summed E-state index contributed by atoms with van der Waals surface area (Å²) in [5, 5.41) is 10.3. The van der Waals surface area contributed by atoms with E-state index in [1.165, 1.54) is 0 Å². The van der Waals surface area contributed by atoms with Crippen LogP contribution in [0.5, 0.6) is 0 Å². The van der Waals surface area contributed by atoms with Crippen molar-refractivity contribution in [2.75, 3.05) is 0 Å². The quantitative estimate of drug-likeness (QED) is 0.803. The number of rotatable bonds is 1. The number of benzene rings is 1. The zero-order valence-corrected chi connectivity index (χ0v) is 10.4. The SMILES string of the molecule is C[C@@H]1CC[C@@](N)(c2ccccc2Cl)C(=O)[C@@H]1O. The van der Waals surface area contributed by atoms with Crippen LogP contribution in [0.4, 0.5) is 0 Å². The van der Waals surface area contributed by atoms with Gasteiger partial charge in [0.05, 0.1) is 0 Å². The van der Waals surface area contributed by atoms with Gasteiger partial charge < -0.3 is 10.8 Å². The van der Waals surface area contributed by atoms with Crippen molar-refractivity contribution in [1.29, 1.82) is 0 Å². The van der Waals surface area contributed by atoms with Crippen LogP contribution >= 0.6 is 11.6 Å². The third kappa shape index (κ3) is 1.99. The monoisotopic (exact) mass is 253 g/mol. The number of carbonyl (C=O) groups excluding carboxylic acids is 1. The molecule has 4 heteroatoms. The first kappa shape index (κ1) is 12.6. The fourth-order valence-electron chi connectivity index (χ4n) is 2.35. The Morgan fingerprint density at radius 1 is 1.47 bits per heavy atom. The minimum atomic E-state index is -1.15. The molecule has 0 heterocycles. The van der Waals surface area contributed by atoms with Gasteiger partial charge in [0.25, 0.3) is 0 Å². The Kier molecular flexibility index (Phi) is 3.25. The summed E-state index contributed by atoms with van der Waals surface area (Å²) in [6.45, 7) is 1.86. The van der Waals surface area contributed by atoms with Crippen LogP contribution in [0.15, 0.2) is 24.3 Å². The summed E-state index contributed by atoms with van der Waals surface area (Å²) in [5.41, 5.74) is 5.64. The van der Waals surface area contributed by atoms with Crippen LogP contribution in [0.3, 0.4) is 0 Å². The van der Waals surface area contributed by atoms with Gasteiger partial charge in [-0.15, -0.1) is 0 Å². The average molecular weight is 254 g/mol. The van der Waals surface area contributed by atoms with Gasteiger partial charge in [-0.25, -0.2) is 0 Å². The van der Waals surface area contributed by atoms with E-state index in [2.05, 4.69) is 0 Å². The number of aliphatic hydroxyl groups excluding tert-OH is 1. The van der Waals surface area contributed by atoms with Crippen LogP contribution < -0.4 is 5.73 Å². The molecule has 3 nitrogen and oxygen atoms in total. The highest BCUT2D eigenvalue weighted by molar-refractivity contribution is 6.31. The number of Topliss-reactive ketones (excluding diaryl/α,β-unsaturated/α-hetero) is 1. The molecule has 0 aliphatic heterocycles. The zero-order chi connectivity index (χ0) is 12.6. The van der Waals surface area contributed by atoms with Crippen LogP contribution in [0.1, 0.15) is 25.3 Å². The maximum absolute atomic E-state index is 12.2. The van der Waals surface area contributed by atoms with E-state index >= 15 is 0 Å². The molecule has 2 rings (SSSR count). The van der Waals surface area contributed by atoms with Gasteiger partial charge in [0.15, 0.2) is 5.78 Å². The molecule has 0 aromatic heterocycles. The summed E-state index contributed by atoms with van der Waals surface area (Å²) < 4.78 is 0. The van der Waals surface area contributed by atoms with Gasteiger partial charge in [-0.2, -0.15) is 0 Å².